The molecular weight excluding hydrogens is 223 g/mol. The van der Waals surface area contributed by atoms with Crippen LogP contribution in [0.4, 0.5) is 0 Å². The zero-order chi connectivity index (χ0) is 11.5. The van der Waals surface area contributed by atoms with Crippen LogP contribution in [-0.2, 0) is 14.4 Å². The number of aliphatic carboxylic acids is 3. The van der Waals surface area contributed by atoms with Crippen LogP contribution in [0.5, 0.6) is 0 Å². The molecule has 0 spiro atoms. The number of carboxylic acid groups (broad SMARTS) is 3. The number of aliphatic hydroxyl groups excluding tert-OH is 1. The fourth-order valence-corrected chi connectivity index (χ4v) is 0.724. The molecule has 0 aliphatic heterocycles. The number of hydrogen-bond donors (Lipinski definition) is 5. The van der Waals surface area contributed by atoms with Gasteiger partial charge < -0.3 is 25.5 Å². The zero-order valence-electron chi connectivity index (χ0n) is 6.75. The van der Waals surface area contributed by atoms with E-state index in [-0.39, 0.29) is 29.6 Å². The van der Waals surface area contributed by atoms with E-state index in [9.17, 15) is 14.4 Å². The number of aliphatic hydroxyl groups is 2. The average molecular weight is 232 g/mol. The molecule has 0 rings (SSSR count). The van der Waals surface area contributed by atoms with Gasteiger partial charge in [0.1, 0.15) is 0 Å². The molecular formula is C6H9NaO8. The van der Waals surface area contributed by atoms with Crippen molar-refractivity contribution in [1.29, 1.82) is 0 Å². The molecule has 0 saturated carbocycles. The van der Waals surface area contributed by atoms with Crippen LogP contribution in [0.15, 0.2) is 0 Å². The fraction of sp³-hybridized carbons (Fsp3) is 0.500. The molecule has 15 heavy (non-hydrogen) atoms. The Hall–Kier alpha value is -0.670. The van der Waals surface area contributed by atoms with Crippen LogP contribution < -0.4 is 0 Å². The van der Waals surface area contributed by atoms with Crippen LogP contribution >= 0.6 is 0 Å². The van der Waals surface area contributed by atoms with E-state index < -0.39 is 36.0 Å². The maximum absolute atomic E-state index is 10.4. The Kier molecular flexibility index (Phi) is 6.73. The van der Waals surface area contributed by atoms with Gasteiger partial charge in [-0.05, 0) is 0 Å². The van der Waals surface area contributed by atoms with Crippen molar-refractivity contribution in [2.24, 2.45) is 0 Å². The van der Waals surface area contributed by atoms with E-state index in [1.807, 2.05) is 0 Å². The monoisotopic (exact) mass is 232 g/mol. The molecule has 82 valence electrons. The van der Waals surface area contributed by atoms with Crippen molar-refractivity contribution in [1.82, 2.24) is 0 Å². The third kappa shape index (κ3) is 4.14. The molecule has 0 radical (unpaired) electrons. The Bertz CT molecular complexity index is 276. The standard InChI is InChI=1S/C6H8O8.Na.H/c7-2(8)1-6(14,5(12)13)3(9)4(10)11;;/h3,9,14H,1H2,(H,7,8)(H,10,11)(H,12,13);;. The van der Waals surface area contributed by atoms with Crippen molar-refractivity contribution in [2.45, 2.75) is 18.1 Å². The van der Waals surface area contributed by atoms with E-state index in [0.29, 0.717) is 0 Å². The zero-order valence-corrected chi connectivity index (χ0v) is 6.75. The number of rotatable bonds is 5. The first-order valence-electron chi connectivity index (χ1n) is 3.30. The van der Waals surface area contributed by atoms with E-state index in [0.717, 1.165) is 0 Å². The predicted molar refractivity (Wildman–Crippen MR) is 45.6 cm³/mol. The summed E-state index contributed by atoms with van der Waals surface area (Å²) in [7, 11) is 0. The van der Waals surface area contributed by atoms with E-state index >= 15 is 0 Å². The van der Waals surface area contributed by atoms with E-state index in [1.165, 1.54) is 0 Å². The Balaban J connectivity index is 0. The van der Waals surface area contributed by atoms with E-state index in [4.69, 9.17) is 25.5 Å². The summed E-state index contributed by atoms with van der Waals surface area (Å²) in [6, 6.07) is 0. The first-order chi connectivity index (χ1) is 6.21. The quantitative estimate of drug-likeness (QED) is 0.316. The Morgan fingerprint density at radius 3 is 1.73 bits per heavy atom. The van der Waals surface area contributed by atoms with Crippen LogP contribution in [0.1, 0.15) is 6.42 Å². The van der Waals surface area contributed by atoms with Gasteiger partial charge in [0, 0.05) is 0 Å². The van der Waals surface area contributed by atoms with E-state index in [2.05, 4.69) is 0 Å². The van der Waals surface area contributed by atoms with Crippen LogP contribution in [0.2, 0.25) is 0 Å². The minimum atomic E-state index is -3.22. The summed E-state index contributed by atoms with van der Waals surface area (Å²) in [6.45, 7) is 0. The summed E-state index contributed by atoms with van der Waals surface area (Å²) in [5.74, 6) is -5.87. The molecule has 2 atom stereocenters. The third-order valence-corrected chi connectivity index (χ3v) is 1.48. The molecule has 0 fully saturated rings. The first kappa shape index (κ1) is 16.7. The summed E-state index contributed by atoms with van der Waals surface area (Å²) in [6.07, 6.45) is -4.11. The molecule has 2 unspecified atom stereocenters. The molecule has 0 aliphatic carbocycles. The molecule has 0 amide bonds. The Morgan fingerprint density at radius 1 is 1.13 bits per heavy atom. The second-order valence-electron chi connectivity index (χ2n) is 2.54. The molecule has 0 bridgehead atoms. The SMILES string of the molecule is O=C(O)CC(O)(C(=O)O)C(O)C(=O)O.[NaH]. The van der Waals surface area contributed by atoms with Crippen LogP contribution in [0.3, 0.4) is 0 Å². The normalized spacial score (nSPS) is 15.6. The van der Waals surface area contributed by atoms with Gasteiger partial charge in [-0.1, -0.05) is 0 Å². The van der Waals surface area contributed by atoms with E-state index in [1.54, 1.807) is 0 Å². The second-order valence-corrected chi connectivity index (χ2v) is 2.54. The molecule has 0 aliphatic rings. The van der Waals surface area contributed by atoms with Crippen molar-refractivity contribution in [2.75, 3.05) is 0 Å². The molecule has 0 aromatic rings. The van der Waals surface area contributed by atoms with Gasteiger partial charge in [0.05, 0.1) is 6.42 Å². The first-order valence-corrected chi connectivity index (χ1v) is 3.30. The predicted octanol–water partition coefficient (Wildman–Crippen LogP) is -2.93. The number of carboxylic acids is 3. The molecule has 9 heteroatoms. The van der Waals surface area contributed by atoms with Crippen LogP contribution in [0.25, 0.3) is 0 Å². The van der Waals surface area contributed by atoms with Gasteiger partial charge >= 0.3 is 47.5 Å². The summed E-state index contributed by atoms with van der Waals surface area (Å²) in [5, 5.41) is 42.6. The summed E-state index contributed by atoms with van der Waals surface area (Å²) in [5.41, 5.74) is -3.22. The van der Waals surface area contributed by atoms with Crippen molar-refractivity contribution < 1.29 is 39.9 Å². The Labute approximate surface area is 105 Å². The fourth-order valence-electron chi connectivity index (χ4n) is 0.724. The van der Waals surface area contributed by atoms with Gasteiger partial charge in [-0.3, -0.25) is 4.79 Å². The van der Waals surface area contributed by atoms with Crippen LogP contribution in [0, 0.1) is 0 Å². The van der Waals surface area contributed by atoms with Gasteiger partial charge in [0.15, 0.2) is 6.10 Å². The van der Waals surface area contributed by atoms with Crippen molar-refractivity contribution >= 4 is 47.5 Å². The van der Waals surface area contributed by atoms with Gasteiger partial charge in [-0.15, -0.1) is 0 Å². The molecule has 0 saturated heterocycles. The molecule has 0 heterocycles. The Morgan fingerprint density at radius 2 is 1.53 bits per heavy atom. The van der Waals surface area contributed by atoms with Gasteiger partial charge in [0.25, 0.3) is 0 Å². The summed E-state index contributed by atoms with van der Waals surface area (Å²) in [4.78, 5) is 30.7. The average Bonchev–Trinajstić information content (AvgIpc) is 2.00. The summed E-state index contributed by atoms with van der Waals surface area (Å²) >= 11 is 0. The second kappa shape index (κ2) is 6.03. The molecule has 0 aromatic carbocycles. The van der Waals surface area contributed by atoms with Gasteiger partial charge in [-0.25, -0.2) is 9.59 Å². The van der Waals surface area contributed by atoms with Crippen molar-refractivity contribution in [3.63, 3.8) is 0 Å². The number of hydrogen-bond acceptors (Lipinski definition) is 5. The minimum absolute atomic E-state index is 0. The molecule has 5 N–H and O–H groups in total. The van der Waals surface area contributed by atoms with Gasteiger partial charge in [0.2, 0.25) is 5.60 Å². The van der Waals surface area contributed by atoms with Crippen molar-refractivity contribution in [3.8, 4) is 0 Å². The summed E-state index contributed by atoms with van der Waals surface area (Å²) < 4.78 is 0. The maximum atomic E-state index is 10.4. The van der Waals surface area contributed by atoms with Crippen LogP contribution in [-0.4, -0.2) is 84.7 Å². The van der Waals surface area contributed by atoms with Crippen molar-refractivity contribution in [3.05, 3.63) is 0 Å². The topological polar surface area (TPSA) is 152 Å². The van der Waals surface area contributed by atoms with Gasteiger partial charge in [-0.2, -0.15) is 0 Å². The number of carbonyl (C=O) groups is 3. The molecule has 8 nitrogen and oxygen atoms in total. The third-order valence-electron chi connectivity index (χ3n) is 1.48. The molecule has 0 aromatic heterocycles.